The molecule has 13 heavy (non-hydrogen) atoms. The molecule has 68 valence electrons. The summed E-state index contributed by atoms with van der Waals surface area (Å²) in [6, 6.07) is 0. The number of allylic oxidation sites excluding steroid dienone is 2. The van der Waals surface area contributed by atoms with Gasteiger partial charge in [0.05, 0.1) is 20.3 Å². The molecule has 1 aliphatic rings. The summed E-state index contributed by atoms with van der Waals surface area (Å²) in [5.74, 6) is 0.602. The van der Waals surface area contributed by atoms with Gasteiger partial charge in [0, 0.05) is 6.92 Å². The zero-order valence-corrected chi connectivity index (χ0v) is 7.81. The van der Waals surface area contributed by atoms with Crippen molar-refractivity contribution >= 4 is 11.8 Å². The maximum absolute atomic E-state index is 4.30. The van der Waals surface area contributed by atoms with E-state index in [-0.39, 0.29) is 0 Å². The highest BCUT2D eigenvalue weighted by molar-refractivity contribution is 6.09. The molecule has 0 fully saturated rings. The van der Waals surface area contributed by atoms with Crippen LogP contribution >= 0.6 is 0 Å². The lowest BCUT2D eigenvalue weighted by molar-refractivity contribution is -0.855. The second-order valence-electron chi connectivity index (χ2n) is 3.37. The second kappa shape index (κ2) is 2.46. The van der Waals surface area contributed by atoms with E-state index < -0.39 is 0 Å². The lowest BCUT2D eigenvalue weighted by Crippen LogP contribution is -2.28. The maximum atomic E-state index is 4.30. The minimum atomic E-state index is 0.504. The summed E-state index contributed by atoms with van der Waals surface area (Å²) in [5.41, 5.74) is 2.06. The summed E-state index contributed by atoms with van der Waals surface area (Å²) in [6.07, 6.45) is 1.78. The lowest BCUT2D eigenvalue weighted by Gasteiger charge is -2.17. The van der Waals surface area contributed by atoms with Gasteiger partial charge in [0.2, 0.25) is 5.82 Å². The monoisotopic (exact) mass is 179 g/mol. The fraction of sp³-hybridized carbons (Fsp3) is 0.429. The molecule has 0 aromatic carbocycles. The van der Waals surface area contributed by atoms with Crippen LogP contribution in [0.15, 0.2) is 10.8 Å². The highest BCUT2D eigenvalue weighted by atomic mass is 15.6. The summed E-state index contributed by atoms with van der Waals surface area (Å²) in [4.78, 5) is 0. The van der Waals surface area contributed by atoms with Gasteiger partial charge in [-0.05, 0) is 5.21 Å². The van der Waals surface area contributed by atoms with Crippen LogP contribution in [0.2, 0.25) is 0 Å². The van der Waals surface area contributed by atoms with Crippen molar-refractivity contribution in [3.05, 3.63) is 11.5 Å². The Bertz CT molecular complexity index is 372. The predicted octanol–water partition coefficient (Wildman–Crippen LogP) is 0.00650. The zero-order valence-electron chi connectivity index (χ0n) is 7.81. The van der Waals surface area contributed by atoms with Gasteiger partial charge in [-0.1, -0.05) is 5.10 Å². The highest BCUT2D eigenvalue weighted by Gasteiger charge is 2.29. The van der Waals surface area contributed by atoms with E-state index in [9.17, 15) is 0 Å². The maximum Gasteiger partial charge on any atom is 0.212 e. The highest BCUT2D eigenvalue weighted by Crippen LogP contribution is 2.25. The average Bonchev–Trinajstić information content (AvgIpc) is 2.63. The van der Waals surface area contributed by atoms with Gasteiger partial charge in [0.1, 0.15) is 11.3 Å². The quantitative estimate of drug-likeness (QED) is 0.617. The molecule has 6 heteroatoms. The van der Waals surface area contributed by atoms with Gasteiger partial charge in [-0.15, -0.1) is 10.2 Å². The molecule has 0 atom stereocenters. The van der Waals surface area contributed by atoms with Crippen molar-refractivity contribution in [1.82, 2.24) is 20.6 Å². The Morgan fingerprint density at radius 2 is 2.15 bits per heavy atom. The summed E-state index contributed by atoms with van der Waals surface area (Å²) in [5, 5.41) is 18.1. The number of aromatic amines is 1. The molecule has 1 N–H and O–H groups in total. The standard InChI is InChI=1S/C7H11N6/c1-5-6(4-8-13(5,2)3)7-9-11-12-10-7/h4H,1-3H3,(H,9,10,11,12)/q+1. The number of nitrogens with zero attached hydrogens (tertiary/aromatic N) is 5. The molecule has 2 rings (SSSR count). The second-order valence-corrected chi connectivity index (χ2v) is 3.37. The molecule has 1 aromatic heterocycles. The number of nitrogens with one attached hydrogen (secondary N) is 1. The number of hydrogen-bond donors (Lipinski definition) is 1. The predicted molar refractivity (Wildman–Crippen MR) is 47.4 cm³/mol. The number of hydrogen-bond acceptors (Lipinski definition) is 4. The third-order valence-electron chi connectivity index (χ3n) is 2.27. The van der Waals surface area contributed by atoms with E-state index in [0.29, 0.717) is 10.4 Å². The Labute approximate surface area is 75.5 Å². The van der Waals surface area contributed by atoms with Crippen molar-refractivity contribution in [3.63, 3.8) is 0 Å². The van der Waals surface area contributed by atoms with Crippen LogP contribution < -0.4 is 0 Å². The zero-order chi connectivity index (χ0) is 9.47. The number of rotatable bonds is 1. The van der Waals surface area contributed by atoms with E-state index in [1.807, 2.05) is 21.0 Å². The Kier molecular flexibility index (Phi) is 1.53. The molecule has 0 unspecified atom stereocenters. The van der Waals surface area contributed by atoms with Gasteiger partial charge in [-0.3, -0.25) is 0 Å². The minimum Gasteiger partial charge on any atom is -0.177 e. The first kappa shape index (κ1) is 8.06. The molecule has 0 aliphatic carbocycles. The van der Waals surface area contributed by atoms with Crippen molar-refractivity contribution < 1.29 is 4.59 Å². The van der Waals surface area contributed by atoms with Gasteiger partial charge in [0.25, 0.3) is 0 Å². The average molecular weight is 179 g/mol. The topological polar surface area (TPSA) is 66.8 Å². The van der Waals surface area contributed by atoms with Gasteiger partial charge >= 0.3 is 0 Å². The van der Waals surface area contributed by atoms with E-state index >= 15 is 0 Å². The van der Waals surface area contributed by atoms with Gasteiger partial charge < -0.3 is 0 Å². The third-order valence-corrected chi connectivity index (χ3v) is 2.27. The number of aromatic nitrogens is 4. The van der Waals surface area contributed by atoms with Crippen LogP contribution in [0.4, 0.5) is 0 Å². The van der Waals surface area contributed by atoms with Crippen LogP contribution in [-0.4, -0.2) is 45.5 Å². The van der Waals surface area contributed by atoms with Gasteiger partial charge in [0.15, 0.2) is 0 Å². The van der Waals surface area contributed by atoms with Crippen molar-refractivity contribution in [2.24, 2.45) is 5.10 Å². The molecule has 0 bridgehead atoms. The van der Waals surface area contributed by atoms with E-state index in [0.717, 1.165) is 11.3 Å². The Balaban J connectivity index is 2.48. The number of quaternary nitrogens is 1. The van der Waals surface area contributed by atoms with Crippen molar-refractivity contribution in [2.75, 3.05) is 14.1 Å². The van der Waals surface area contributed by atoms with E-state index in [2.05, 4.69) is 25.7 Å². The third kappa shape index (κ3) is 1.15. The number of H-pyrrole nitrogens is 1. The Morgan fingerprint density at radius 1 is 1.38 bits per heavy atom. The van der Waals surface area contributed by atoms with E-state index in [1.165, 1.54) is 0 Å². The Hall–Kier alpha value is -1.56. The molecule has 6 nitrogen and oxygen atoms in total. The first-order valence-electron chi connectivity index (χ1n) is 3.96. The van der Waals surface area contributed by atoms with Crippen molar-refractivity contribution in [2.45, 2.75) is 6.92 Å². The van der Waals surface area contributed by atoms with Crippen LogP contribution in [0.5, 0.6) is 0 Å². The van der Waals surface area contributed by atoms with Crippen LogP contribution in [0.1, 0.15) is 12.7 Å². The van der Waals surface area contributed by atoms with Gasteiger partial charge in [-0.25, -0.2) is 0 Å². The summed E-state index contributed by atoms with van der Waals surface area (Å²) < 4.78 is 0.504. The molecule has 2 heterocycles. The van der Waals surface area contributed by atoms with E-state index in [1.54, 1.807) is 6.21 Å². The molecule has 0 spiro atoms. The van der Waals surface area contributed by atoms with E-state index in [4.69, 9.17) is 0 Å². The molecule has 0 radical (unpaired) electrons. The molecule has 0 amide bonds. The van der Waals surface area contributed by atoms with Gasteiger partial charge in [-0.2, -0.15) is 9.81 Å². The molecular formula is C7H11N6+. The number of tetrazole rings is 1. The SMILES string of the molecule is CC1=C(c2nn[nH]n2)C=N[N+]1(C)C. The van der Waals surface area contributed by atoms with Crippen LogP contribution in [-0.2, 0) is 0 Å². The van der Waals surface area contributed by atoms with Crippen molar-refractivity contribution in [3.8, 4) is 0 Å². The minimum absolute atomic E-state index is 0.504. The van der Waals surface area contributed by atoms with Crippen LogP contribution in [0.25, 0.3) is 5.57 Å². The first-order valence-corrected chi connectivity index (χ1v) is 3.96. The molecule has 0 saturated carbocycles. The summed E-state index contributed by atoms with van der Waals surface area (Å²) >= 11 is 0. The molecule has 1 aromatic rings. The van der Waals surface area contributed by atoms with Crippen LogP contribution in [0, 0.1) is 0 Å². The summed E-state index contributed by atoms with van der Waals surface area (Å²) in [6.45, 7) is 2.01. The fourth-order valence-corrected chi connectivity index (χ4v) is 1.17. The lowest BCUT2D eigenvalue weighted by atomic mass is 10.2. The Morgan fingerprint density at radius 3 is 2.62 bits per heavy atom. The largest absolute Gasteiger partial charge is 0.212 e. The normalized spacial score (nSPS) is 19.9. The molecule has 1 aliphatic heterocycles. The first-order chi connectivity index (χ1) is 6.11. The molecule has 0 saturated heterocycles. The summed E-state index contributed by atoms with van der Waals surface area (Å²) in [7, 11) is 4.00. The van der Waals surface area contributed by atoms with Crippen molar-refractivity contribution in [1.29, 1.82) is 0 Å². The van der Waals surface area contributed by atoms with Crippen LogP contribution in [0.3, 0.4) is 0 Å². The fourth-order valence-electron chi connectivity index (χ4n) is 1.17. The molecular weight excluding hydrogens is 168 g/mol. The smallest absolute Gasteiger partial charge is 0.177 e.